The molecule has 0 unspecified atom stereocenters. The van der Waals surface area contributed by atoms with E-state index in [1.165, 1.54) is 12.8 Å². The molecule has 2 nitrogen and oxygen atoms in total. The van der Waals surface area contributed by atoms with Crippen molar-refractivity contribution in [1.82, 2.24) is 0 Å². The van der Waals surface area contributed by atoms with Gasteiger partial charge in [0, 0.05) is 5.41 Å². The summed E-state index contributed by atoms with van der Waals surface area (Å²) in [5.41, 5.74) is 3.40. The standard InChI is InChI=1S/C13H22O2/c1-4-12-14-8-13(9-15-12)6-5-10(2)11(3)7-13/h12H,4-9H2,1-3H3. The summed E-state index contributed by atoms with van der Waals surface area (Å²) in [6, 6.07) is 0. The third kappa shape index (κ3) is 2.26. The van der Waals surface area contributed by atoms with Crippen LogP contribution >= 0.6 is 0 Å². The zero-order chi connectivity index (χ0) is 10.9. The second kappa shape index (κ2) is 4.26. The van der Waals surface area contributed by atoms with Gasteiger partial charge in [-0.1, -0.05) is 18.1 Å². The van der Waals surface area contributed by atoms with Crippen molar-refractivity contribution in [3.63, 3.8) is 0 Å². The van der Waals surface area contributed by atoms with Crippen molar-refractivity contribution in [3.05, 3.63) is 11.1 Å². The van der Waals surface area contributed by atoms with Crippen LogP contribution in [0.3, 0.4) is 0 Å². The van der Waals surface area contributed by atoms with Gasteiger partial charge in [0.2, 0.25) is 0 Å². The van der Waals surface area contributed by atoms with Crippen LogP contribution in [-0.2, 0) is 9.47 Å². The highest BCUT2D eigenvalue weighted by Crippen LogP contribution is 2.42. The Kier molecular flexibility index (Phi) is 3.17. The SMILES string of the molecule is CCC1OCC2(CCC(C)=C(C)C2)CO1. The van der Waals surface area contributed by atoms with Gasteiger partial charge in [-0.05, 0) is 39.5 Å². The summed E-state index contributed by atoms with van der Waals surface area (Å²) >= 11 is 0. The summed E-state index contributed by atoms with van der Waals surface area (Å²) in [4.78, 5) is 0. The van der Waals surface area contributed by atoms with Gasteiger partial charge in [-0.3, -0.25) is 0 Å². The molecule has 2 aliphatic rings. The predicted molar refractivity (Wildman–Crippen MR) is 60.6 cm³/mol. The number of rotatable bonds is 1. The first kappa shape index (κ1) is 11.2. The number of hydrogen-bond acceptors (Lipinski definition) is 2. The van der Waals surface area contributed by atoms with Crippen LogP contribution < -0.4 is 0 Å². The first-order valence-electron chi connectivity index (χ1n) is 6.04. The lowest BCUT2D eigenvalue weighted by Gasteiger charge is -2.43. The van der Waals surface area contributed by atoms with Gasteiger partial charge in [0.25, 0.3) is 0 Å². The molecule has 0 amide bonds. The van der Waals surface area contributed by atoms with E-state index in [4.69, 9.17) is 9.47 Å². The van der Waals surface area contributed by atoms with Gasteiger partial charge in [-0.25, -0.2) is 0 Å². The second-order valence-corrected chi connectivity index (χ2v) is 5.20. The molecular formula is C13H22O2. The van der Waals surface area contributed by atoms with Gasteiger partial charge >= 0.3 is 0 Å². The van der Waals surface area contributed by atoms with Gasteiger partial charge < -0.3 is 9.47 Å². The van der Waals surface area contributed by atoms with E-state index in [-0.39, 0.29) is 11.7 Å². The van der Waals surface area contributed by atoms with Crippen LogP contribution in [0.1, 0.15) is 46.5 Å². The predicted octanol–water partition coefficient (Wildman–Crippen LogP) is 3.28. The van der Waals surface area contributed by atoms with Crippen molar-refractivity contribution in [2.24, 2.45) is 5.41 Å². The van der Waals surface area contributed by atoms with Crippen molar-refractivity contribution in [2.75, 3.05) is 13.2 Å². The molecule has 0 saturated carbocycles. The molecule has 2 heteroatoms. The zero-order valence-electron chi connectivity index (χ0n) is 10.1. The number of ether oxygens (including phenoxy) is 2. The fraction of sp³-hybridized carbons (Fsp3) is 0.846. The third-order valence-corrected chi connectivity index (χ3v) is 3.88. The van der Waals surface area contributed by atoms with E-state index in [9.17, 15) is 0 Å². The van der Waals surface area contributed by atoms with E-state index in [2.05, 4.69) is 20.8 Å². The minimum atomic E-state index is 0.0444. The third-order valence-electron chi connectivity index (χ3n) is 3.88. The molecule has 0 aromatic heterocycles. The molecule has 1 saturated heterocycles. The van der Waals surface area contributed by atoms with Crippen LogP contribution in [0.4, 0.5) is 0 Å². The molecule has 15 heavy (non-hydrogen) atoms. The molecule has 1 spiro atoms. The highest BCUT2D eigenvalue weighted by Gasteiger charge is 2.38. The maximum atomic E-state index is 5.76. The lowest BCUT2D eigenvalue weighted by molar-refractivity contribution is -0.232. The van der Waals surface area contributed by atoms with Crippen LogP contribution in [-0.4, -0.2) is 19.5 Å². The second-order valence-electron chi connectivity index (χ2n) is 5.20. The molecule has 0 N–H and O–H groups in total. The molecule has 0 bridgehead atoms. The molecule has 0 radical (unpaired) electrons. The van der Waals surface area contributed by atoms with Crippen molar-refractivity contribution >= 4 is 0 Å². The molecule has 0 atom stereocenters. The first-order chi connectivity index (χ1) is 7.15. The van der Waals surface area contributed by atoms with Crippen LogP contribution in [0, 0.1) is 5.41 Å². The van der Waals surface area contributed by atoms with E-state index in [0.717, 1.165) is 26.1 Å². The molecule has 1 heterocycles. The molecule has 1 aliphatic heterocycles. The average molecular weight is 210 g/mol. The minimum Gasteiger partial charge on any atom is -0.352 e. The van der Waals surface area contributed by atoms with Crippen LogP contribution in [0.25, 0.3) is 0 Å². The largest absolute Gasteiger partial charge is 0.352 e. The minimum absolute atomic E-state index is 0.0444. The highest BCUT2D eigenvalue weighted by molar-refractivity contribution is 5.17. The lowest BCUT2D eigenvalue weighted by atomic mass is 9.73. The number of hydrogen-bond donors (Lipinski definition) is 0. The Morgan fingerprint density at radius 3 is 2.40 bits per heavy atom. The van der Waals surface area contributed by atoms with Crippen LogP contribution in [0.5, 0.6) is 0 Å². The van der Waals surface area contributed by atoms with Gasteiger partial charge in [0.05, 0.1) is 13.2 Å². The molecule has 0 aromatic rings. The topological polar surface area (TPSA) is 18.5 Å². The van der Waals surface area contributed by atoms with Crippen molar-refractivity contribution in [2.45, 2.75) is 52.7 Å². The molecular weight excluding hydrogens is 188 g/mol. The summed E-state index contributed by atoms with van der Waals surface area (Å²) in [5, 5.41) is 0. The summed E-state index contributed by atoms with van der Waals surface area (Å²) in [5.74, 6) is 0. The van der Waals surface area contributed by atoms with Gasteiger partial charge in [-0.2, -0.15) is 0 Å². The normalized spacial score (nSPS) is 37.4. The summed E-state index contributed by atoms with van der Waals surface area (Å²) in [6.45, 7) is 8.38. The Hall–Kier alpha value is -0.340. The molecule has 1 fully saturated rings. The fourth-order valence-corrected chi connectivity index (χ4v) is 2.58. The van der Waals surface area contributed by atoms with Gasteiger partial charge in [0.15, 0.2) is 6.29 Å². The summed E-state index contributed by atoms with van der Waals surface area (Å²) in [7, 11) is 0. The van der Waals surface area contributed by atoms with E-state index < -0.39 is 0 Å². The van der Waals surface area contributed by atoms with Crippen LogP contribution in [0.2, 0.25) is 0 Å². The van der Waals surface area contributed by atoms with E-state index in [1.807, 2.05) is 0 Å². The van der Waals surface area contributed by atoms with Crippen molar-refractivity contribution < 1.29 is 9.47 Å². The van der Waals surface area contributed by atoms with E-state index in [0.29, 0.717) is 0 Å². The highest BCUT2D eigenvalue weighted by atomic mass is 16.7. The van der Waals surface area contributed by atoms with Gasteiger partial charge in [0.1, 0.15) is 0 Å². The zero-order valence-corrected chi connectivity index (χ0v) is 10.1. The molecule has 2 rings (SSSR count). The maximum Gasteiger partial charge on any atom is 0.157 e. The fourth-order valence-electron chi connectivity index (χ4n) is 2.58. The quantitative estimate of drug-likeness (QED) is 0.618. The Morgan fingerprint density at radius 1 is 1.20 bits per heavy atom. The Balaban J connectivity index is 2.00. The smallest absolute Gasteiger partial charge is 0.157 e. The van der Waals surface area contributed by atoms with Crippen molar-refractivity contribution in [1.29, 1.82) is 0 Å². The monoisotopic (exact) mass is 210 g/mol. The average Bonchev–Trinajstić information content (AvgIpc) is 2.26. The lowest BCUT2D eigenvalue weighted by Crippen LogP contribution is -2.43. The molecule has 0 aromatic carbocycles. The van der Waals surface area contributed by atoms with E-state index in [1.54, 1.807) is 11.1 Å². The number of allylic oxidation sites excluding steroid dienone is 2. The Bertz CT molecular complexity index is 260. The van der Waals surface area contributed by atoms with Crippen LogP contribution in [0.15, 0.2) is 11.1 Å². The van der Waals surface area contributed by atoms with Crippen molar-refractivity contribution in [3.8, 4) is 0 Å². The molecule has 86 valence electrons. The Labute approximate surface area is 92.6 Å². The summed E-state index contributed by atoms with van der Waals surface area (Å²) in [6.07, 6.45) is 4.61. The van der Waals surface area contributed by atoms with E-state index >= 15 is 0 Å². The molecule has 1 aliphatic carbocycles. The summed E-state index contributed by atoms with van der Waals surface area (Å²) < 4.78 is 11.5. The Morgan fingerprint density at radius 2 is 1.87 bits per heavy atom. The van der Waals surface area contributed by atoms with Gasteiger partial charge in [-0.15, -0.1) is 0 Å². The first-order valence-corrected chi connectivity index (χ1v) is 6.04. The maximum absolute atomic E-state index is 5.76.